The molecule has 9 heteroatoms. The van der Waals surface area contributed by atoms with Crippen molar-refractivity contribution in [2.75, 3.05) is 12.3 Å². The minimum atomic E-state index is -3.45. The van der Waals surface area contributed by atoms with Gasteiger partial charge in [-0.15, -0.1) is 5.10 Å². The lowest BCUT2D eigenvalue weighted by atomic mass is 10.4. The third-order valence-electron chi connectivity index (χ3n) is 1.71. The Kier molecular flexibility index (Phi) is 4.38. The smallest absolute Gasteiger partial charge is 0.241 e. The molecule has 0 spiro atoms. The van der Waals surface area contributed by atoms with Crippen LogP contribution in [0.15, 0.2) is 12.4 Å². The molecule has 1 aromatic heterocycles. The Bertz CT molecular complexity index is 427. The number of amides is 1. The maximum Gasteiger partial charge on any atom is 0.241 e. The molecule has 16 heavy (non-hydrogen) atoms. The van der Waals surface area contributed by atoms with Crippen LogP contribution < -0.4 is 10.5 Å². The molecular weight excluding hydrogens is 234 g/mol. The van der Waals surface area contributed by atoms with Crippen molar-refractivity contribution < 1.29 is 13.2 Å². The first-order chi connectivity index (χ1) is 7.47. The maximum atomic E-state index is 11.3. The molecule has 0 aromatic carbocycles. The molecule has 0 aliphatic heterocycles. The molecule has 90 valence electrons. The van der Waals surface area contributed by atoms with Crippen LogP contribution in [0.5, 0.6) is 0 Å². The summed E-state index contributed by atoms with van der Waals surface area (Å²) in [5.74, 6) is -0.392. The fourth-order valence-corrected chi connectivity index (χ4v) is 1.57. The lowest BCUT2D eigenvalue weighted by Crippen LogP contribution is -2.30. The molecule has 0 unspecified atom stereocenters. The number of carbonyl (C=O) groups excluding carboxylic acids is 1. The van der Waals surface area contributed by atoms with Gasteiger partial charge in [0, 0.05) is 12.7 Å². The molecule has 0 radical (unpaired) electrons. The summed E-state index contributed by atoms with van der Waals surface area (Å²) in [5.41, 5.74) is 0. The van der Waals surface area contributed by atoms with Crippen LogP contribution in [0.1, 0.15) is 6.42 Å². The zero-order chi connectivity index (χ0) is 12.0. The van der Waals surface area contributed by atoms with Crippen LogP contribution >= 0.6 is 0 Å². The zero-order valence-electron chi connectivity index (χ0n) is 8.54. The van der Waals surface area contributed by atoms with Gasteiger partial charge in [0.15, 0.2) is 0 Å². The first kappa shape index (κ1) is 12.6. The van der Waals surface area contributed by atoms with E-state index in [1.807, 2.05) is 0 Å². The summed E-state index contributed by atoms with van der Waals surface area (Å²) in [6.45, 7) is 0.333. The molecule has 3 N–H and O–H groups in total. The average molecular weight is 247 g/mol. The summed E-state index contributed by atoms with van der Waals surface area (Å²) in [6, 6.07) is 0. The van der Waals surface area contributed by atoms with Gasteiger partial charge in [0.1, 0.15) is 6.54 Å². The van der Waals surface area contributed by atoms with E-state index in [2.05, 4.69) is 15.6 Å². The predicted octanol–water partition coefficient (Wildman–Crippen LogP) is -1.93. The van der Waals surface area contributed by atoms with Crippen molar-refractivity contribution in [2.24, 2.45) is 5.14 Å². The van der Waals surface area contributed by atoms with Crippen molar-refractivity contribution in [1.82, 2.24) is 20.3 Å². The second-order valence-corrected chi connectivity index (χ2v) is 4.91. The Labute approximate surface area is 92.9 Å². The quantitative estimate of drug-likeness (QED) is 0.567. The second-order valence-electron chi connectivity index (χ2n) is 3.17. The van der Waals surface area contributed by atoms with E-state index in [1.54, 1.807) is 6.20 Å². The third-order valence-corrected chi connectivity index (χ3v) is 2.56. The van der Waals surface area contributed by atoms with Gasteiger partial charge in [-0.25, -0.2) is 18.2 Å². The van der Waals surface area contributed by atoms with Gasteiger partial charge in [-0.3, -0.25) is 4.79 Å². The van der Waals surface area contributed by atoms with Crippen molar-refractivity contribution in [3.8, 4) is 0 Å². The SMILES string of the molecule is NS(=O)(=O)CCCNC(=O)Cn1ccnn1. The Hall–Kier alpha value is -1.48. The van der Waals surface area contributed by atoms with Crippen LogP contribution in [-0.4, -0.2) is 41.6 Å². The van der Waals surface area contributed by atoms with Crippen LogP contribution in [0.3, 0.4) is 0 Å². The highest BCUT2D eigenvalue weighted by atomic mass is 32.2. The molecule has 1 amide bonds. The Morgan fingerprint density at radius 3 is 2.81 bits per heavy atom. The second kappa shape index (κ2) is 5.56. The maximum absolute atomic E-state index is 11.3. The van der Waals surface area contributed by atoms with Crippen LogP contribution in [0.25, 0.3) is 0 Å². The molecule has 8 nitrogen and oxygen atoms in total. The fourth-order valence-electron chi connectivity index (χ4n) is 1.02. The molecule has 1 aromatic rings. The number of nitrogens with zero attached hydrogens (tertiary/aromatic N) is 3. The average Bonchev–Trinajstić information content (AvgIpc) is 2.63. The summed E-state index contributed by atoms with van der Waals surface area (Å²) >= 11 is 0. The lowest BCUT2D eigenvalue weighted by molar-refractivity contribution is -0.121. The number of aromatic nitrogens is 3. The molecule has 1 heterocycles. The molecule has 1 rings (SSSR count). The lowest BCUT2D eigenvalue weighted by Gasteiger charge is -2.03. The summed E-state index contributed by atoms with van der Waals surface area (Å²) in [4.78, 5) is 11.3. The molecule has 0 bridgehead atoms. The third kappa shape index (κ3) is 5.41. The number of sulfonamides is 1. The molecule has 0 aliphatic rings. The largest absolute Gasteiger partial charge is 0.354 e. The summed E-state index contributed by atoms with van der Waals surface area (Å²) in [6.07, 6.45) is 3.32. The number of nitrogens with two attached hydrogens (primary N) is 1. The van der Waals surface area contributed by atoms with Crippen molar-refractivity contribution in [1.29, 1.82) is 0 Å². The highest BCUT2D eigenvalue weighted by Gasteiger charge is 2.04. The van der Waals surface area contributed by atoms with Crippen LogP contribution in [0.2, 0.25) is 0 Å². The first-order valence-corrected chi connectivity index (χ1v) is 6.30. The van der Waals surface area contributed by atoms with Gasteiger partial charge in [-0.1, -0.05) is 5.21 Å². The molecular formula is C7H13N5O3S. The van der Waals surface area contributed by atoms with E-state index in [-0.39, 0.29) is 24.7 Å². The summed E-state index contributed by atoms with van der Waals surface area (Å²) < 4.78 is 22.5. The number of carbonyl (C=O) groups is 1. The fraction of sp³-hybridized carbons (Fsp3) is 0.571. The highest BCUT2D eigenvalue weighted by molar-refractivity contribution is 7.89. The van der Waals surface area contributed by atoms with Crippen molar-refractivity contribution in [3.63, 3.8) is 0 Å². The number of rotatable bonds is 6. The minimum absolute atomic E-state index is 0.0649. The number of primary sulfonamides is 1. The standard InChI is InChI=1S/C7H13N5O3S/c8-16(14,15)5-1-2-9-7(13)6-12-4-3-10-11-12/h3-4H,1-2,5-6H2,(H,9,13)(H2,8,14,15). The van der Waals surface area contributed by atoms with E-state index in [1.165, 1.54) is 10.9 Å². The molecule has 0 aliphatic carbocycles. The van der Waals surface area contributed by atoms with E-state index in [0.29, 0.717) is 6.42 Å². The molecule has 0 saturated carbocycles. The Morgan fingerprint density at radius 2 is 2.25 bits per heavy atom. The van der Waals surface area contributed by atoms with Crippen LogP contribution in [-0.2, 0) is 21.4 Å². The number of hydrogen-bond acceptors (Lipinski definition) is 5. The topological polar surface area (TPSA) is 120 Å². The predicted molar refractivity (Wildman–Crippen MR) is 55.6 cm³/mol. The van der Waals surface area contributed by atoms with Gasteiger partial charge in [0.05, 0.1) is 11.9 Å². The molecule has 0 saturated heterocycles. The normalized spacial score (nSPS) is 11.3. The van der Waals surface area contributed by atoms with Crippen LogP contribution in [0, 0.1) is 0 Å². The van der Waals surface area contributed by atoms with E-state index in [0.717, 1.165) is 0 Å². The van der Waals surface area contributed by atoms with E-state index < -0.39 is 10.0 Å². The summed E-state index contributed by atoms with van der Waals surface area (Å²) in [7, 11) is -3.45. The van der Waals surface area contributed by atoms with Gasteiger partial charge in [0.25, 0.3) is 0 Å². The van der Waals surface area contributed by atoms with Crippen molar-refractivity contribution in [2.45, 2.75) is 13.0 Å². The monoisotopic (exact) mass is 247 g/mol. The van der Waals surface area contributed by atoms with Gasteiger partial charge in [-0.2, -0.15) is 0 Å². The van der Waals surface area contributed by atoms with Crippen LogP contribution in [0.4, 0.5) is 0 Å². The van der Waals surface area contributed by atoms with Crippen molar-refractivity contribution >= 4 is 15.9 Å². The molecule has 0 fully saturated rings. The van der Waals surface area contributed by atoms with E-state index >= 15 is 0 Å². The highest BCUT2D eigenvalue weighted by Crippen LogP contribution is 1.85. The zero-order valence-corrected chi connectivity index (χ0v) is 9.35. The van der Waals surface area contributed by atoms with Gasteiger partial charge >= 0.3 is 0 Å². The minimum Gasteiger partial charge on any atom is -0.354 e. The van der Waals surface area contributed by atoms with Crippen molar-refractivity contribution in [3.05, 3.63) is 12.4 Å². The Morgan fingerprint density at radius 1 is 1.50 bits per heavy atom. The molecule has 0 atom stereocenters. The van der Waals surface area contributed by atoms with E-state index in [4.69, 9.17) is 5.14 Å². The van der Waals surface area contributed by atoms with Gasteiger partial charge in [-0.05, 0) is 6.42 Å². The number of nitrogens with one attached hydrogen (secondary N) is 1. The van der Waals surface area contributed by atoms with Gasteiger partial charge in [0.2, 0.25) is 15.9 Å². The van der Waals surface area contributed by atoms with Gasteiger partial charge < -0.3 is 5.32 Å². The summed E-state index contributed by atoms with van der Waals surface area (Å²) in [5, 5.41) is 14.5. The number of hydrogen-bond donors (Lipinski definition) is 2. The van der Waals surface area contributed by atoms with E-state index in [9.17, 15) is 13.2 Å². The first-order valence-electron chi connectivity index (χ1n) is 4.58. The Balaban J connectivity index is 2.16.